The standard InChI is InChI=1S/C22H25BrN6O/c1-28-8-7-18-17(12-28)19-20(24-13-25-21(19)27-18)14-5-9-29(10-6-14)22(30)26-16-4-2-3-15(23)11-16/h2-5,11,13,22,26,30H,6-10,12H2,1H3,(H,24,25,27). The van der Waals surface area contributed by atoms with Crippen LogP contribution in [-0.4, -0.2) is 62.9 Å². The van der Waals surface area contributed by atoms with Crippen molar-refractivity contribution in [2.24, 2.45) is 0 Å². The molecular formula is C22H25BrN6O. The molecule has 7 nitrogen and oxygen atoms in total. The topological polar surface area (TPSA) is 80.3 Å². The molecule has 3 aromatic rings. The maximum absolute atomic E-state index is 10.6. The van der Waals surface area contributed by atoms with Crippen molar-refractivity contribution in [1.29, 1.82) is 0 Å². The fourth-order valence-electron chi connectivity index (χ4n) is 4.36. The second kappa shape index (κ2) is 8.11. The number of likely N-dealkylation sites (N-methyl/N-ethyl adjacent to an activating group) is 1. The van der Waals surface area contributed by atoms with E-state index >= 15 is 0 Å². The summed E-state index contributed by atoms with van der Waals surface area (Å²) in [5.74, 6) is 0. The van der Waals surface area contributed by atoms with Crippen LogP contribution < -0.4 is 5.32 Å². The Bertz CT molecular complexity index is 1110. The summed E-state index contributed by atoms with van der Waals surface area (Å²) in [7, 11) is 2.16. The van der Waals surface area contributed by atoms with E-state index in [4.69, 9.17) is 0 Å². The largest absolute Gasteiger partial charge is 0.361 e. The van der Waals surface area contributed by atoms with E-state index in [0.29, 0.717) is 6.54 Å². The van der Waals surface area contributed by atoms with E-state index in [2.05, 4.69) is 54.2 Å². The predicted molar refractivity (Wildman–Crippen MR) is 122 cm³/mol. The number of rotatable bonds is 4. The van der Waals surface area contributed by atoms with Gasteiger partial charge in [0, 0.05) is 53.8 Å². The van der Waals surface area contributed by atoms with Crippen LogP contribution in [0, 0.1) is 0 Å². The molecule has 0 saturated carbocycles. The Labute approximate surface area is 183 Å². The van der Waals surface area contributed by atoms with E-state index in [-0.39, 0.29) is 0 Å². The van der Waals surface area contributed by atoms with Crippen LogP contribution in [0.2, 0.25) is 0 Å². The van der Waals surface area contributed by atoms with E-state index in [1.54, 1.807) is 6.33 Å². The molecule has 1 atom stereocenters. The molecule has 3 N–H and O–H groups in total. The van der Waals surface area contributed by atoms with Gasteiger partial charge < -0.3 is 20.3 Å². The molecule has 0 aliphatic carbocycles. The van der Waals surface area contributed by atoms with E-state index in [9.17, 15) is 5.11 Å². The zero-order valence-electron chi connectivity index (χ0n) is 16.9. The number of benzene rings is 1. The van der Waals surface area contributed by atoms with Gasteiger partial charge in [-0.15, -0.1) is 0 Å². The molecule has 0 fully saturated rings. The highest BCUT2D eigenvalue weighted by Gasteiger charge is 2.25. The highest BCUT2D eigenvalue weighted by molar-refractivity contribution is 9.10. The Kier molecular flexibility index (Phi) is 5.32. The third-order valence-electron chi connectivity index (χ3n) is 5.97. The van der Waals surface area contributed by atoms with Crippen LogP contribution in [0.5, 0.6) is 0 Å². The summed E-state index contributed by atoms with van der Waals surface area (Å²) in [5, 5.41) is 15.0. The number of nitrogens with zero attached hydrogens (tertiary/aromatic N) is 4. The Morgan fingerprint density at radius 1 is 1.23 bits per heavy atom. The molecule has 2 aromatic heterocycles. The number of hydrogen-bond donors (Lipinski definition) is 3. The molecule has 0 saturated heterocycles. The molecule has 0 bridgehead atoms. The van der Waals surface area contributed by atoms with Crippen molar-refractivity contribution in [3.63, 3.8) is 0 Å². The van der Waals surface area contributed by atoms with Crippen LogP contribution in [-0.2, 0) is 13.0 Å². The zero-order chi connectivity index (χ0) is 20.7. The second-order valence-corrected chi connectivity index (χ2v) is 8.93. The van der Waals surface area contributed by atoms with Crippen molar-refractivity contribution in [1.82, 2.24) is 24.8 Å². The lowest BCUT2D eigenvalue weighted by molar-refractivity contribution is 0.0342. The molecule has 0 radical (unpaired) electrons. The molecule has 2 aliphatic rings. The van der Waals surface area contributed by atoms with Gasteiger partial charge in [-0.2, -0.15) is 0 Å². The maximum atomic E-state index is 10.6. The number of aliphatic hydroxyl groups excluding tert-OH is 1. The number of fused-ring (bicyclic) bond motifs is 3. The van der Waals surface area contributed by atoms with Gasteiger partial charge in [0.15, 0.2) is 6.35 Å². The highest BCUT2D eigenvalue weighted by Crippen LogP contribution is 2.33. The summed E-state index contributed by atoms with van der Waals surface area (Å²) < 4.78 is 0.980. The molecule has 8 heteroatoms. The van der Waals surface area contributed by atoms with Gasteiger partial charge in [0.05, 0.1) is 5.69 Å². The van der Waals surface area contributed by atoms with Crippen LogP contribution in [0.3, 0.4) is 0 Å². The number of aliphatic hydroxyl groups is 1. The van der Waals surface area contributed by atoms with Gasteiger partial charge in [-0.05, 0) is 42.8 Å². The Balaban J connectivity index is 1.37. The van der Waals surface area contributed by atoms with Gasteiger partial charge in [0.1, 0.15) is 12.0 Å². The molecule has 1 unspecified atom stereocenters. The van der Waals surface area contributed by atoms with Crippen LogP contribution >= 0.6 is 15.9 Å². The van der Waals surface area contributed by atoms with E-state index < -0.39 is 6.35 Å². The molecule has 5 rings (SSSR count). The Morgan fingerprint density at radius 3 is 2.93 bits per heavy atom. The van der Waals surface area contributed by atoms with Crippen LogP contribution in [0.4, 0.5) is 5.69 Å². The van der Waals surface area contributed by atoms with Crippen LogP contribution in [0.15, 0.2) is 41.1 Å². The van der Waals surface area contributed by atoms with Gasteiger partial charge in [-0.3, -0.25) is 4.90 Å². The molecule has 156 valence electrons. The highest BCUT2D eigenvalue weighted by atomic mass is 79.9. The number of aromatic nitrogens is 3. The minimum absolute atomic E-state index is 0.662. The summed E-state index contributed by atoms with van der Waals surface area (Å²) >= 11 is 3.47. The fourth-order valence-corrected chi connectivity index (χ4v) is 4.76. The molecule has 0 spiro atoms. The number of anilines is 1. The lowest BCUT2D eigenvalue weighted by Gasteiger charge is -2.31. The van der Waals surface area contributed by atoms with Crippen molar-refractivity contribution in [2.75, 3.05) is 32.0 Å². The number of hydrogen-bond acceptors (Lipinski definition) is 6. The third kappa shape index (κ3) is 3.76. The van der Waals surface area contributed by atoms with Gasteiger partial charge in [-0.25, -0.2) is 9.97 Å². The van der Waals surface area contributed by atoms with Gasteiger partial charge in [-0.1, -0.05) is 28.1 Å². The second-order valence-electron chi connectivity index (χ2n) is 8.02. The first-order chi connectivity index (χ1) is 14.6. The zero-order valence-corrected chi connectivity index (χ0v) is 18.5. The summed E-state index contributed by atoms with van der Waals surface area (Å²) in [5.41, 5.74) is 6.68. The summed E-state index contributed by atoms with van der Waals surface area (Å²) in [6.45, 7) is 3.40. The van der Waals surface area contributed by atoms with Crippen molar-refractivity contribution < 1.29 is 5.11 Å². The average molecular weight is 469 g/mol. The number of H-pyrrole nitrogens is 1. The number of nitrogens with one attached hydrogen (secondary N) is 2. The van der Waals surface area contributed by atoms with Crippen LogP contribution in [0.25, 0.3) is 16.6 Å². The van der Waals surface area contributed by atoms with Crippen molar-refractivity contribution in [3.8, 4) is 0 Å². The Hall–Kier alpha value is -2.26. The Morgan fingerprint density at radius 2 is 2.13 bits per heavy atom. The van der Waals surface area contributed by atoms with Gasteiger partial charge in [0.25, 0.3) is 0 Å². The summed E-state index contributed by atoms with van der Waals surface area (Å²) in [6, 6.07) is 7.82. The van der Waals surface area contributed by atoms with Gasteiger partial charge in [0.2, 0.25) is 0 Å². The minimum atomic E-state index is -0.740. The molecule has 30 heavy (non-hydrogen) atoms. The van der Waals surface area contributed by atoms with Crippen LogP contribution in [0.1, 0.15) is 23.4 Å². The fraction of sp³-hybridized carbons (Fsp3) is 0.364. The number of halogens is 1. The predicted octanol–water partition coefficient (Wildman–Crippen LogP) is 3.19. The van der Waals surface area contributed by atoms with Crippen molar-refractivity contribution in [2.45, 2.75) is 25.7 Å². The molecule has 0 amide bonds. The smallest absolute Gasteiger partial charge is 0.184 e. The van der Waals surface area contributed by atoms with E-state index in [0.717, 1.165) is 59.4 Å². The first kappa shape index (κ1) is 19.7. The van der Waals surface area contributed by atoms with E-state index in [1.807, 2.05) is 29.2 Å². The minimum Gasteiger partial charge on any atom is -0.361 e. The number of aromatic amines is 1. The SMILES string of the molecule is CN1CCc2[nH]c3ncnc(C4=CCN(C(O)Nc5cccc(Br)c5)CC4)c3c2C1. The molecule has 4 heterocycles. The lowest BCUT2D eigenvalue weighted by atomic mass is 9.98. The lowest BCUT2D eigenvalue weighted by Crippen LogP contribution is -2.43. The summed E-state index contributed by atoms with van der Waals surface area (Å²) in [6.07, 6.45) is 4.95. The monoisotopic (exact) mass is 468 g/mol. The van der Waals surface area contributed by atoms with Crippen molar-refractivity contribution >= 4 is 38.2 Å². The quantitative estimate of drug-likeness (QED) is 0.510. The maximum Gasteiger partial charge on any atom is 0.184 e. The van der Waals surface area contributed by atoms with E-state index in [1.165, 1.54) is 16.8 Å². The normalized spacial score (nSPS) is 18.8. The van der Waals surface area contributed by atoms with Gasteiger partial charge >= 0.3 is 0 Å². The summed E-state index contributed by atoms with van der Waals surface area (Å²) in [4.78, 5) is 17.0. The molecule has 1 aromatic carbocycles. The molecule has 2 aliphatic heterocycles. The van der Waals surface area contributed by atoms with Crippen molar-refractivity contribution in [3.05, 3.63) is 58.1 Å². The third-order valence-corrected chi connectivity index (χ3v) is 6.46. The molecular weight excluding hydrogens is 444 g/mol. The first-order valence-electron chi connectivity index (χ1n) is 10.2. The average Bonchev–Trinajstić information content (AvgIpc) is 3.12. The first-order valence-corrected chi connectivity index (χ1v) is 11.0.